The Morgan fingerprint density at radius 1 is 1.53 bits per heavy atom. The molecule has 0 saturated carbocycles. The molecule has 5 nitrogen and oxygen atoms in total. The van der Waals surface area contributed by atoms with Gasteiger partial charge in [0.05, 0.1) is 19.3 Å². The van der Waals surface area contributed by atoms with Gasteiger partial charge < -0.3 is 14.6 Å². The molecule has 0 aliphatic rings. The highest BCUT2D eigenvalue weighted by Crippen LogP contribution is 2.07. The van der Waals surface area contributed by atoms with Crippen molar-refractivity contribution in [1.82, 2.24) is 0 Å². The third-order valence-electron chi connectivity index (χ3n) is 1.47. The van der Waals surface area contributed by atoms with Gasteiger partial charge in [0.1, 0.15) is 6.42 Å². The third-order valence-corrected chi connectivity index (χ3v) is 1.47. The largest absolute Gasteiger partial charge is 0.465 e. The van der Waals surface area contributed by atoms with E-state index < -0.39 is 11.8 Å². The van der Waals surface area contributed by atoms with Gasteiger partial charge in [-0.2, -0.15) is 5.26 Å². The van der Waals surface area contributed by atoms with Crippen molar-refractivity contribution in [2.45, 2.75) is 33.0 Å². The van der Waals surface area contributed by atoms with Crippen molar-refractivity contribution in [1.29, 1.82) is 5.26 Å². The molecule has 0 bridgehead atoms. The molecule has 0 aromatic rings. The zero-order valence-electron chi connectivity index (χ0n) is 9.32. The van der Waals surface area contributed by atoms with Crippen LogP contribution < -0.4 is 0 Å². The average molecular weight is 215 g/mol. The number of ether oxygens (including phenoxy) is 2. The molecule has 0 saturated heterocycles. The lowest BCUT2D eigenvalue weighted by atomic mass is 10.2. The summed E-state index contributed by atoms with van der Waals surface area (Å²) < 4.78 is 9.87. The van der Waals surface area contributed by atoms with Gasteiger partial charge in [0.25, 0.3) is 0 Å². The van der Waals surface area contributed by atoms with Crippen LogP contribution in [0.4, 0.5) is 0 Å². The number of aliphatic hydroxyl groups is 1. The van der Waals surface area contributed by atoms with E-state index in [1.165, 1.54) is 13.8 Å². The average Bonchev–Trinajstić information content (AvgIpc) is 2.11. The fraction of sp³-hybridized carbons (Fsp3) is 0.800. The maximum absolute atomic E-state index is 10.8. The van der Waals surface area contributed by atoms with E-state index in [1.807, 2.05) is 6.92 Å². The van der Waals surface area contributed by atoms with Crippen LogP contribution in [0.3, 0.4) is 0 Å². The first-order valence-corrected chi connectivity index (χ1v) is 4.74. The van der Waals surface area contributed by atoms with Crippen molar-refractivity contribution in [3.05, 3.63) is 0 Å². The van der Waals surface area contributed by atoms with Crippen LogP contribution in [0.5, 0.6) is 0 Å². The first-order chi connectivity index (χ1) is 6.85. The zero-order valence-corrected chi connectivity index (χ0v) is 9.32. The minimum Gasteiger partial charge on any atom is -0.465 e. The molecule has 1 unspecified atom stereocenters. The van der Waals surface area contributed by atoms with Crippen molar-refractivity contribution in [3.63, 3.8) is 0 Å². The smallest absolute Gasteiger partial charge is 0.320 e. The van der Waals surface area contributed by atoms with Gasteiger partial charge in [0.2, 0.25) is 0 Å². The van der Waals surface area contributed by atoms with Crippen molar-refractivity contribution in [3.8, 4) is 6.07 Å². The van der Waals surface area contributed by atoms with Crippen LogP contribution in [0.25, 0.3) is 0 Å². The standard InChI is InChI=1S/C10H17NO4/c1-8(7-15-10(2,3)13)6-14-9(12)4-5-11/h8,13H,4,6-7H2,1-3H3. The Labute approximate surface area is 89.6 Å². The number of carbonyl (C=O) groups is 1. The molecule has 0 aliphatic carbocycles. The molecule has 0 aromatic carbocycles. The van der Waals surface area contributed by atoms with Gasteiger partial charge >= 0.3 is 5.97 Å². The summed E-state index contributed by atoms with van der Waals surface area (Å²) in [4.78, 5) is 10.8. The Bertz CT molecular complexity index is 239. The Hall–Kier alpha value is -1.12. The molecule has 0 aliphatic heterocycles. The molecule has 0 aromatic heterocycles. The lowest BCUT2D eigenvalue weighted by Crippen LogP contribution is -2.27. The topological polar surface area (TPSA) is 79.6 Å². The molecular weight excluding hydrogens is 198 g/mol. The predicted molar refractivity (Wildman–Crippen MR) is 52.6 cm³/mol. The van der Waals surface area contributed by atoms with Gasteiger partial charge in [0, 0.05) is 5.92 Å². The summed E-state index contributed by atoms with van der Waals surface area (Å²) in [7, 11) is 0. The van der Waals surface area contributed by atoms with Crippen molar-refractivity contribution in [2.24, 2.45) is 5.92 Å². The number of nitriles is 1. The normalized spacial score (nSPS) is 13.0. The van der Waals surface area contributed by atoms with Crippen LogP contribution in [-0.2, 0) is 14.3 Å². The van der Waals surface area contributed by atoms with Crippen molar-refractivity contribution < 1.29 is 19.4 Å². The molecule has 0 radical (unpaired) electrons. The number of hydrogen-bond acceptors (Lipinski definition) is 5. The van der Waals surface area contributed by atoms with E-state index in [-0.39, 0.29) is 18.9 Å². The van der Waals surface area contributed by atoms with E-state index >= 15 is 0 Å². The SMILES string of the molecule is CC(COC(=O)CC#N)COC(C)(C)O. The first kappa shape index (κ1) is 13.9. The summed E-state index contributed by atoms with van der Waals surface area (Å²) in [5, 5.41) is 17.5. The van der Waals surface area contributed by atoms with E-state index in [9.17, 15) is 9.90 Å². The molecule has 1 atom stereocenters. The fourth-order valence-electron chi connectivity index (χ4n) is 0.745. The van der Waals surface area contributed by atoms with E-state index in [4.69, 9.17) is 14.7 Å². The summed E-state index contributed by atoms with van der Waals surface area (Å²) in [6.45, 7) is 5.37. The molecule has 0 spiro atoms. The number of hydrogen-bond donors (Lipinski definition) is 1. The molecule has 86 valence electrons. The third kappa shape index (κ3) is 9.19. The van der Waals surface area contributed by atoms with Crippen LogP contribution in [0.2, 0.25) is 0 Å². The van der Waals surface area contributed by atoms with Gasteiger partial charge in [0.15, 0.2) is 5.79 Å². The number of nitrogens with zero attached hydrogens (tertiary/aromatic N) is 1. The Morgan fingerprint density at radius 3 is 2.60 bits per heavy atom. The Morgan fingerprint density at radius 2 is 2.13 bits per heavy atom. The second kappa shape index (κ2) is 6.38. The van der Waals surface area contributed by atoms with Gasteiger partial charge in [-0.25, -0.2) is 0 Å². The maximum atomic E-state index is 10.8. The molecule has 1 N–H and O–H groups in total. The minimum atomic E-state index is -1.18. The zero-order chi connectivity index (χ0) is 11.9. The van der Waals surface area contributed by atoms with Gasteiger partial charge in [-0.15, -0.1) is 0 Å². The van der Waals surface area contributed by atoms with Gasteiger partial charge in [-0.05, 0) is 13.8 Å². The minimum absolute atomic E-state index is 0.0148. The van der Waals surface area contributed by atoms with Crippen LogP contribution >= 0.6 is 0 Å². The van der Waals surface area contributed by atoms with Gasteiger partial charge in [-0.1, -0.05) is 6.92 Å². The molecule has 0 fully saturated rings. The maximum Gasteiger partial charge on any atom is 0.320 e. The number of esters is 1. The highest BCUT2D eigenvalue weighted by molar-refractivity contribution is 5.71. The van der Waals surface area contributed by atoms with E-state index in [0.717, 1.165) is 0 Å². The molecular formula is C10H17NO4. The second-order valence-corrected chi connectivity index (χ2v) is 3.88. The number of rotatable bonds is 6. The quantitative estimate of drug-likeness (QED) is 0.524. The van der Waals surface area contributed by atoms with Crippen LogP contribution in [0.15, 0.2) is 0 Å². The van der Waals surface area contributed by atoms with E-state index in [0.29, 0.717) is 6.61 Å². The summed E-state index contributed by atoms with van der Waals surface area (Å²) in [6, 6.07) is 1.70. The van der Waals surface area contributed by atoms with Crippen LogP contribution in [0.1, 0.15) is 27.2 Å². The van der Waals surface area contributed by atoms with Crippen LogP contribution in [-0.4, -0.2) is 30.1 Å². The Kier molecular flexibility index (Phi) is 5.90. The lowest BCUT2D eigenvalue weighted by Gasteiger charge is -2.20. The molecule has 0 amide bonds. The predicted octanol–water partition coefficient (Wildman–Crippen LogP) is 0.824. The molecule has 0 rings (SSSR count). The lowest BCUT2D eigenvalue weighted by molar-refractivity contribution is -0.185. The van der Waals surface area contributed by atoms with Gasteiger partial charge in [-0.3, -0.25) is 4.79 Å². The Balaban J connectivity index is 3.63. The summed E-state index contributed by atoms with van der Waals surface area (Å²) in [5.74, 6) is -1.73. The monoisotopic (exact) mass is 215 g/mol. The summed E-state index contributed by atoms with van der Waals surface area (Å²) in [5.41, 5.74) is 0. The second-order valence-electron chi connectivity index (χ2n) is 3.88. The molecule has 0 heterocycles. The number of carbonyl (C=O) groups excluding carboxylic acids is 1. The molecule has 5 heteroatoms. The first-order valence-electron chi connectivity index (χ1n) is 4.74. The highest BCUT2D eigenvalue weighted by Gasteiger charge is 2.15. The van der Waals surface area contributed by atoms with E-state index in [1.54, 1.807) is 6.07 Å². The fourth-order valence-corrected chi connectivity index (χ4v) is 0.745. The van der Waals surface area contributed by atoms with Crippen molar-refractivity contribution in [2.75, 3.05) is 13.2 Å². The summed E-state index contributed by atoms with van der Waals surface area (Å²) in [6.07, 6.45) is -0.237. The van der Waals surface area contributed by atoms with E-state index in [2.05, 4.69) is 0 Å². The van der Waals surface area contributed by atoms with Crippen LogP contribution in [0, 0.1) is 17.2 Å². The highest BCUT2D eigenvalue weighted by atomic mass is 16.6. The van der Waals surface area contributed by atoms with Crippen molar-refractivity contribution >= 4 is 5.97 Å². The molecule has 15 heavy (non-hydrogen) atoms. The summed E-state index contributed by atoms with van der Waals surface area (Å²) >= 11 is 0.